The van der Waals surface area contributed by atoms with Crippen LogP contribution in [0.15, 0.2) is 29.0 Å². The van der Waals surface area contributed by atoms with Crippen molar-refractivity contribution < 1.29 is 4.79 Å². The van der Waals surface area contributed by atoms with Crippen LogP contribution in [0.3, 0.4) is 0 Å². The van der Waals surface area contributed by atoms with E-state index in [9.17, 15) is 4.79 Å². The average Bonchev–Trinajstić information content (AvgIpc) is 2.56. The lowest BCUT2D eigenvalue weighted by Crippen LogP contribution is -2.50. The van der Waals surface area contributed by atoms with E-state index in [0.717, 1.165) is 55.9 Å². The highest BCUT2D eigenvalue weighted by molar-refractivity contribution is 9.10. The molecule has 3 rings (SSSR count). The minimum Gasteiger partial charge on any atom is -0.339 e. The van der Waals surface area contributed by atoms with Gasteiger partial charge in [0.05, 0.1) is 4.47 Å². The lowest BCUT2D eigenvalue weighted by atomic mass is 9.93. The number of hydrogen-bond acceptors (Lipinski definition) is 4. The van der Waals surface area contributed by atoms with E-state index in [1.54, 1.807) is 12.4 Å². The first-order valence-electron chi connectivity index (χ1n) is 7.40. The Kier molecular flexibility index (Phi) is 4.53. The third kappa shape index (κ3) is 3.43. The van der Waals surface area contributed by atoms with Crippen molar-refractivity contribution in [2.45, 2.75) is 19.3 Å². The molecule has 21 heavy (non-hydrogen) atoms. The van der Waals surface area contributed by atoms with Crippen LogP contribution in [0.2, 0.25) is 0 Å². The number of carbonyl (C=O) groups is 1. The molecule has 0 aromatic carbocycles. The second-order valence-corrected chi connectivity index (χ2v) is 6.41. The largest absolute Gasteiger partial charge is 0.339 e. The lowest BCUT2D eigenvalue weighted by Gasteiger charge is -2.36. The van der Waals surface area contributed by atoms with Crippen molar-refractivity contribution in [2.24, 2.45) is 5.92 Å². The Morgan fingerprint density at radius 1 is 1.14 bits per heavy atom. The zero-order valence-corrected chi connectivity index (χ0v) is 13.5. The Hall–Kier alpha value is -1.43. The number of hydrogen-bond donors (Lipinski definition) is 0. The summed E-state index contributed by atoms with van der Waals surface area (Å²) in [7, 11) is 0. The lowest BCUT2D eigenvalue weighted by molar-refractivity contribution is -0.136. The summed E-state index contributed by atoms with van der Waals surface area (Å²) in [5.41, 5.74) is 0. The summed E-state index contributed by atoms with van der Waals surface area (Å²) >= 11 is 3.34. The molecule has 0 bridgehead atoms. The number of halogens is 1. The molecule has 1 aromatic rings. The molecule has 1 aromatic heterocycles. The number of nitrogens with zero attached hydrogens (tertiary/aromatic N) is 4. The quantitative estimate of drug-likeness (QED) is 0.767. The molecular weight excluding hydrogens is 332 g/mol. The summed E-state index contributed by atoms with van der Waals surface area (Å²) < 4.78 is 0.880. The normalized spacial score (nSPS) is 22.4. The van der Waals surface area contributed by atoms with Crippen LogP contribution < -0.4 is 4.90 Å². The van der Waals surface area contributed by atoms with Crippen LogP contribution in [-0.2, 0) is 4.79 Å². The number of amides is 1. The molecule has 1 aliphatic carbocycles. The number of rotatable bonds is 2. The molecule has 0 radical (unpaired) electrons. The molecule has 2 heterocycles. The minimum atomic E-state index is 0.186. The smallest absolute Gasteiger partial charge is 0.226 e. The Balaban J connectivity index is 1.56. The minimum absolute atomic E-state index is 0.186. The number of carbonyl (C=O) groups excluding carboxylic acids is 1. The maximum atomic E-state index is 12.5. The summed E-state index contributed by atoms with van der Waals surface area (Å²) in [6.45, 7) is 3.13. The predicted octanol–water partition coefficient (Wildman–Crippen LogP) is 2.24. The van der Waals surface area contributed by atoms with Crippen LogP contribution in [0, 0.1) is 5.92 Å². The molecule has 2 aliphatic rings. The van der Waals surface area contributed by atoms with Crippen molar-refractivity contribution in [2.75, 3.05) is 31.1 Å². The molecule has 1 aliphatic heterocycles. The van der Waals surface area contributed by atoms with E-state index >= 15 is 0 Å². The summed E-state index contributed by atoms with van der Waals surface area (Å²) in [6.07, 6.45) is 10.7. The standard InChI is InChI=1S/C15H19BrN4O/c16-13-10-17-15(18-11-13)20-8-6-19(7-9-20)14(21)12-4-2-1-3-5-12/h1-2,10-12H,3-9H2/t12-/m1/s1. The Morgan fingerprint density at radius 3 is 2.48 bits per heavy atom. The fourth-order valence-electron chi connectivity index (χ4n) is 2.87. The van der Waals surface area contributed by atoms with Crippen molar-refractivity contribution >= 4 is 27.8 Å². The second-order valence-electron chi connectivity index (χ2n) is 5.49. The molecule has 0 unspecified atom stereocenters. The molecule has 6 heteroatoms. The van der Waals surface area contributed by atoms with E-state index in [2.05, 4.69) is 42.9 Å². The number of allylic oxidation sites excluding steroid dienone is 2. The highest BCUT2D eigenvalue weighted by Gasteiger charge is 2.27. The highest BCUT2D eigenvalue weighted by atomic mass is 79.9. The van der Waals surface area contributed by atoms with Crippen molar-refractivity contribution in [1.29, 1.82) is 0 Å². The van der Waals surface area contributed by atoms with E-state index in [1.165, 1.54) is 0 Å². The van der Waals surface area contributed by atoms with Crippen molar-refractivity contribution in [3.8, 4) is 0 Å². The molecule has 1 amide bonds. The fourth-order valence-corrected chi connectivity index (χ4v) is 3.08. The van der Waals surface area contributed by atoms with Gasteiger partial charge in [0, 0.05) is 44.5 Å². The Labute approximate surface area is 133 Å². The van der Waals surface area contributed by atoms with Gasteiger partial charge in [-0.1, -0.05) is 12.2 Å². The topological polar surface area (TPSA) is 49.3 Å². The molecule has 1 atom stereocenters. The van der Waals surface area contributed by atoms with Crippen LogP contribution in [0.5, 0.6) is 0 Å². The van der Waals surface area contributed by atoms with Gasteiger partial charge in [0.25, 0.3) is 0 Å². The molecule has 1 saturated heterocycles. The SMILES string of the molecule is O=C([C@@H]1CC=CCC1)N1CCN(c2ncc(Br)cn2)CC1. The second kappa shape index (κ2) is 6.56. The van der Waals surface area contributed by atoms with Crippen LogP contribution in [0.25, 0.3) is 0 Å². The van der Waals surface area contributed by atoms with E-state index in [0.29, 0.717) is 5.91 Å². The average molecular weight is 351 g/mol. The van der Waals surface area contributed by atoms with Gasteiger partial charge in [-0.15, -0.1) is 0 Å². The molecule has 112 valence electrons. The van der Waals surface area contributed by atoms with Gasteiger partial charge in [-0.05, 0) is 35.2 Å². The van der Waals surface area contributed by atoms with E-state index < -0.39 is 0 Å². The van der Waals surface area contributed by atoms with Crippen molar-refractivity contribution in [3.05, 3.63) is 29.0 Å². The van der Waals surface area contributed by atoms with Gasteiger partial charge in [0.1, 0.15) is 0 Å². The first kappa shape index (κ1) is 14.5. The van der Waals surface area contributed by atoms with Gasteiger partial charge >= 0.3 is 0 Å². The van der Waals surface area contributed by atoms with E-state index in [-0.39, 0.29) is 5.92 Å². The van der Waals surface area contributed by atoms with E-state index in [1.807, 2.05) is 4.90 Å². The summed E-state index contributed by atoms with van der Waals surface area (Å²) in [5, 5.41) is 0. The van der Waals surface area contributed by atoms with Gasteiger partial charge in [0.2, 0.25) is 11.9 Å². The van der Waals surface area contributed by atoms with Crippen LogP contribution >= 0.6 is 15.9 Å². The van der Waals surface area contributed by atoms with Crippen molar-refractivity contribution in [1.82, 2.24) is 14.9 Å². The Morgan fingerprint density at radius 2 is 1.86 bits per heavy atom. The number of aromatic nitrogens is 2. The highest BCUT2D eigenvalue weighted by Crippen LogP contribution is 2.22. The maximum Gasteiger partial charge on any atom is 0.226 e. The summed E-state index contributed by atoms with van der Waals surface area (Å²) in [4.78, 5) is 25.2. The molecule has 0 spiro atoms. The number of anilines is 1. The summed E-state index contributed by atoms with van der Waals surface area (Å²) in [6, 6.07) is 0. The zero-order chi connectivity index (χ0) is 14.7. The Bertz CT molecular complexity index is 523. The van der Waals surface area contributed by atoms with Gasteiger partial charge in [-0.2, -0.15) is 0 Å². The molecule has 0 saturated carbocycles. The van der Waals surface area contributed by atoms with Crippen molar-refractivity contribution in [3.63, 3.8) is 0 Å². The van der Waals surface area contributed by atoms with Crippen LogP contribution in [0.4, 0.5) is 5.95 Å². The molecule has 1 fully saturated rings. The molecule has 5 nitrogen and oxygen atoms in total. The van der Waals surface area contributed by atoms with E-state index in [4.69, 9.17) is 0 Å². The third-order valence-electron chi connectivity index (χ3n) is 4.10. The molecular formula is C15H19BrN4O. The van der Waals surface area contributed by atoms with Crippen LogP contribution in [0.1, 0.15) is 19.3 Å². The number of piperazine rings is 1. The zero-order valence-electron chi connectivity index (χ0n) is 11.9. The molecule has 0 N–H and O–H groups in total. The summed E-state index contributed by atoms with van der Waals surface area (Å²) in [5.74, 6) is 1.24. The van der Waals surface area contributed by atoms with Gasteiger partial charge in [-0.3, -0.25) is 4.79 Å². The first-order chi connectivity index (χ1) is 10.2. The third-order valence-corrected chi connectivity index (χ3v) is 4.51. The monoisotopic (exact) mass is 350 g/mol. The fraction of sp³-hybridized carbons (Fsp3) is 0.533. The van der Waals surface area contributed by atoms with Gasteiger partial charge in [-0.25, -0.2) is 9.97 Å². The van der Waals surface area contributed by atoms with Gasteiger partial charge in [0.15, 0.2) is 0 Å². The predicted molar refractivity (Wildman–Crippen MR) is 85.0 cm³/mol. The first-order valence-corrected chi connectivity index (χ1v) is 8.19. The maximum absolute atomic E-state index is 12.5. The van der Waals surface area contributed by atoms with Gasteiger partial charge < -0.3 is 9.80 Å². The van der Waals surface area contributed by atoms with Crippen LogP contribution in [-0.4, -0.2) is 47.0 Å².